The SMILES string of the molecule is CCn1cc(CN2CCC[C@@H](c3nc4ccc(-c5cccnc5)cn4n3)C2)cn1. The summed E-state index contributed by atoms with van der Waals surface area (Å²) in [4.78, 5) is 11.5. The molecule has 1 saturated heterocycles. The third-order valence-electron chi connectivity index (χ3n) is 5.63. The largest absolute Gasteiger partial charge is 0.298 e. The Morgan fingerprint density at radius 3 is 2.90 bits per heavy atom. The summed E-state index contributed by atoms with van der Waals surface area (Å²) in [6, 6.07) is 8.14. The van der Waals surface area contributed by atoms with E-state index >= 15 is 0 Å². The third kappa shape index (κ3) is 3.78. The average Bonchev–Trinajstić information content (AvgIpc) is 3.40. The monoisotopic (exact) mass is 387 g/mol. The number of piperidine rings is 1. The molecule has 0 N–H and O–H groups in total. The highest BCUT2D eigenvalue weighted by atomic mass is 15.3. The molecule has 4 aromatic rings. The van der Waals surface area contributed by atoms with Gasteiger partial charge in [0.15, 0.2) is 11.5 Å². The van der Waals surface area contributed by atoms with Crippen LogP contribution in [0.4, 0.5) is 0 Å². The molecule has 0 spiro atoms. The zero-order valence-electron chi connectivity index (χ0n) is 16.6. The highest BCUT2D eigenvalue weighted by molar-refractivity contribution is 5.63. The summed E-state index contributed by atoms with van der Waals surface area (Å²) in [6.45, 7) is 6.07. The van der Waals surface area contributed by atoms with Crippen molar-refractivity contribution in [2.24, 2.45) is 0 Å². The van der Waals surface area contributed by atoms with Gasteiger partial charge in [-0.2, -0.15) is 10.2 Å². The Balaban J connectivity index is 1.34. The van der Waals surface area contributed by atoms with E-state index in [2.05, 4.69) is 40.2 Å². The highest BCUT2D eigenvalue weighted by Gasteiger charge is 2.25. The van der Waals surface area contributed by atoms with Crippen molar-refractivity contribution in [3.63, 3.8) is 0 Å². The summed E-state index contributed by atoms with van der Waals surface area (Å²) in [7, 11) is 0. The van der Waals surface area contributed by atoms with Crippen LogP contribution in [0.3, 0.4) is 0 Å². The van der Waals surface area contributed by atoms with Crippen LogP contribution in [0.15, 0.2) is 55.2 Å². The molecule has 1 aliphatic heterocycles. The number of aryl methyl sites for hydroxylation is 1. The lowest BCUT2D eigenvalue weighted by atomic mass is 9.97. The predicted octanol–water partition coefficient (Wildman–Crippen LogP) is 3.39. The Kier molecular flexibility index (Phi) is 4.81. The van der Waals surface area contributed by atoms with Crippen LogP contribution in [-0.2, 0) is 13.1 Å². The first-order valence-corrected chi connectivity index (χ1v) is 10.3. The third-order valence-corrected chi connectivity index (χ3v) is 5.63. The summed E-state index contributed by atoms with van der Waals surface area (Å²) in [5.41, 5.74) is 4.36. The Hall–Kier alpha value is -3.06. The number of nitrogens with zero attached hydrogens (tertiary/aromatic N) is 7. The fourth-order valence-electron chi connectivity index (χ4n) is 4.11. The van der Waals surface area contributed by atoms with Gasteiger partial charge in [-0.15, -0.1) is 0 Å². The maximum Gasteiger partial charge on any atom is 0.156 e. The van der Waals surface area contributed by atoms with Gasteiger partial charge >= 0.3 is 0 Å². The zero-order chi connectivity index (χ0) is 19.6. The van der Waals surface area contributed by atoms with Gasteiger partial charge in [0.05, 0.1) is 6.20 Å². The zero-order valence-corrected chi connectivity index (χ0v) is 16.6. The van der Waals surface area contributed by atoms with Crippen LogP contribution < -0.4 is 0 Å². The van der Waals surface area contributed by atoms with Gasteiger partial charge in [-0.1, -0.05) is 6.07 Å². The van der Waals surface area contributed by atoms with E-state index < -0.39 is 0 Å². The van der Waals surface area contributed by atoms with Gasteiger partial charge in [0, 0.05) is 67.0 Å². The second-order valence-corrected chi connectivity index (χ2v) is 7.71. The summed E-state index contributed by atoms with van der Waals surface area (Å²) in [5, 5.41) is 9.22. The van der Waals surface area contributed by atoms with Gasteiger partial charge in [0.2, 0.25) is 0 Å². The van der Waals surface area contributed by atoms with E-state index in [9.17, 15) is 0 Å². The fraction of sp³-hybridized carbons (Fsp3) is 0.364. The van der Waals surface area contributed by atoms with Crippen molar-refractivity contribution in [1.29, 1.82) is 0 Å². The standard InChI is InChI=1S/C22H25N7/c1-2-28-14-17(11-24-28)13-27-10-4-6-20(15-27)22-25-21-8-7-19(16-29(21)26-22)18-5-3-9-23-12-18/h3,5,7-9,11-12,14,16,20H,2,4,6,10,13,15H2,1H3/t20-/m1/s1. The molecule has 4 aromatic heterocycles. The first kappa shape index (κ1) is 18.0. The van der Waals surface area contributed by atoms with Crippen molar-refractivity contribution in [3.8, 4) is 11.1 Å². The molecule has 0 aromatic carbocycles. The molecule has 0 saturated carbocycles. The minimum Gasteiger partial charge on any atom is -0.298 e. The molecule has 148 valence electrons. The van der Waals surface area contributed by atoms with Crippen LogP contribution in [0, 0.1) is 0 Å². The average molecular weight is 387 g/mol. The van der Waals surface area contributed by atoms with Gasteiger partial charge in [-0.05, 0) is 44.5 Å². The molecule has 5 heterocycles. The van der Waals surface area contributed by atoms with E-state index in [4.69, 9.17) is 10.1 Å². The molecular formula is C22H25N7. The lowest BCUT2D eigenvalue weighted by molar-refractivity contribution is 0.196. The van der Waals surface area contributed by atoms with Crippen LogP contribution in [0.1, 0.15) is 37.1 Å². The molecule has 0 radical (unpaired) electrons. The van der Waals surface area contributed by atoms with Crippen LogP contribution in [0.5, 0.6) is 0 Å². The molecule has 0 amide bonds. The summed E-state index contributed by atoms with van der Waals surface area (Å²) < 4.78 is 3.89. The smallest absolute Gasteiger partial charge is 0.156 e. The topological polar surface area (TPSA) is 64.1 Å². The second kappa shape index (κ2) is 7.75. The van der Waals surface area contributed by atoms with Crippen LogP contribution in [0.2, 0.25) is 0 Å². The Bertz CT molecular complexity index is 1100. The fourth-order valence-corrected chi connectivity index (χ4v) is 4.11. The number of hydrogen-bond acceptors (Lipinski definition) is 5. The van der Waals surface area contributed by atoms with Gasteiger partial charge in [-0.3, -0.25) is 14.6 Å². The quantitative estimate of drug-likeness (QED) is 0.525. The van der Waals surface area contributed by atoms with E-state index in [0.717, 1.165) is 55.2 Å². The van der Waals surface area contributed by atoms with Crippen LogP contribution in [-0.4, -0.2) is 47.4 Å². The van der Waals surface area contributed by atoms with Crippen LogP contribution in [0.25, 0.3) is 16.8 Å². The summed E-state index contributed by atoms with van der Waals surface area (Å²) >= 11 is 0. The number of fused-ring (bicyclic) bond motifs is 1. The van der Waals surface area contributed by atoms with Crippen molar-refractivity contribution in [1.82, 2.24) is 34.3 Å². The number of pyridine rings is 2. The lowest BCUT2D eigenvalue weighted by Gasteiger charge is -2.30. The minimum atomic E-state index is 0.367. The molecule has 0 aliphatic carbocycles. The molecule has 1 atom stereocenters. The first-order chi connectivity index (χ1) is 14.3. The molecular weight excluding hydrogens is 362 g/mol. The second-order valence-electron chi connectivity index (χ2n) is 7.71. The van der Waals surface area contributed by atoms with Crippen molar-refractivity contribution >= 4 is 5.65 Å². The Morgan fingerprint density at radius 1 is 1.10 bits per heavy atom. The van der Waals surface area contributed by atoms with Crippen LogP contribution >= 0.6 is 0 Å². The maximum absolute atomic E-state index is 4.82. The number of hydrogen-bond donors (Lipinski definition) is 0. The summed E-state index contributed by atoms with van der Waals surface area (Å²) in [6.07, 6.45) is 12.1. The molecule has 5 rings (SSSR count). The van der Waals surface area contributed by atoms with Crippen molar-refractivity contribution in [2.45, 2.75) is 38.8 Å². The first-order valence-electron chi connectivity index (χ1n) is 10.3. The van der Waals surface area contributed by atoms with E-state index in [1.54, 1.807) is 6.20 Å². The number of likely N-dealkylation sites (tertiary alicyclic amines) is 1. The molecule has 7 nitrogen and oxygen atoms in total. The Labute approximate surface area is 170 Å². The lowest BCUT2D eigenvalue weighted by Crippen LogP contribution is -2.34. The molecule has 0 unspecified atom stereocenters. The molecule has 1 fully saturated rings. The Morgan fingerprint density at radius 2 is 2.07 bits per heavy atom. The van der Waals surface area contributed by atoms with Crippen molar-refractivity contribution < 1.29 is 0 Å². The maximum atomic E-state index is 4.82. The van der Waals surface area contributed by atoms with E-state index in [1.165, 1.54) is 12.0 Å². The summed E-state index contributed by atoms with van der Waals surface area (Å²) in [5.74, 6) is 1.31. The van der Waals surface area contributed by atoms with Gasteiger partial charge < -0.3 is 0 Å². The highest BCUT2D eigenvalue weighted by Crippen LogP contribution is 2.27. The number of rotatable bonds is 5. The van der Waals surface area contributed by atoms with Gasteiger partial charge in [0.1, 0.15) is 0 Å². The van der Waals surface area contributed by atoms with Gasteiger partial charge in [0.25, 0.3) is 0 Å². The van der Waals surface area contributed by atoms with Gasteiger partial charge in [-0.25, -0.2) is 9.50 Å². The van der Waals surface area contributed by atoms with E-state index in [-0.39, 0.29) is 0 Å². The minimum absolute atomic E-state index is 0.367. The van der Waals surface area contributed by atoms with E-state index in [1.807, 2.05) is 39.9 Å². The molecule has 7 heteroatoms. The normalized spacial score (nSPS) is 17.8. The van der Waals surface area contributed by atoms with Crippen molar-refractivity contribution in [3.05, 3.63) is 66.6 Å². The molecule has 1 aliphatic rings. The van der Waals surface area contributed by atoms with Crippen molar-refractivity contribution in [2.75, 3.05) is 13.1 Å². The predicted molar refractivity (Wildman–Crippen MR) is 111 cm³/mol. The number of aromatic nitrogens is 6. The van der Waals surface area contributed by atoms with E-state index in [0.29, 0.717) is 5.92 Å². The molecule has 0 bridgehead atoms. The molecule has 29 heavy (non-hydrogen) atoms.